The van der Waals surface area contributed by atoms with Crippen molar-refractivity contribution in [3.63, 3.8) is 0 Å². The molecule has 5 rings (SSSR count). The maximum atomic E-state index is 12.1. The summed E-state index contributed by atoms with van der Waals surface area (Å²) in [5.74, 6) is -0.185. The molecule has 0 atom stereocenters. The van der Waals surface area contributed by atoms with Crippen molar-refractivity contribution < 1.29 is 14.7 Å². The number of hydrogen-bond acceptors (Lipinski definition) is 9. The van der Waals surface area contributed by atoms with Crippen LogP contribution in [0.4, 0.5) is 15.9 Å². The molecular formula is C28H28N8O3S. The number of nitrogens with one attached hydrogen (secondary N) is 2. The molecule has 4 heterocycles. The molecule has 2 amide bonds. The third kappa shape index (κ3) is 5.15. The van der Waals surface area contributed by atoms with Gasteiger partial charge in [-0.15, -0.1) is 0 Å². The first kappa shape index (κ1) is 27.0. The quantitative estimate of drug-likeness (QED) is 0.288. The lowest BCUT2D eigenvalue weighted by Gasteiger charge is -2.38. The van der Waals surface area contributed by atoms with Crippen molar-refractivity contribution in [1.29, 1.82) is 5.26 Å². The first-order valence-electron chi connectivity index (χ1n) is 13.0. The fourth-order valence-electron chi connectivity index (χ4n) is 4.93. The molecule has 1 aliphatic rings. The number of amides is 2. The minimum absolute atomic E-state index is 0.347. The number of carboxylic acids is 1. The number of carboxylic acid groups (broad SMARTS) is 1. The van der Waals surface area contributed by atoms with Crippen LogP contribution in [0.2, 0.25) is 0 Å². The lowest BCUT2D eigenvalue weighted by atomic mass is 9.76. The number of nitrogens with zero attached hydrogens (tertiary/aromatic N) is 6. The number of rotatable bonds is 7. The first-order valence-corrected chi connectivity index (χ1v) is 13.8. The highest BCUT2D eigenvalue weighted by Crippen LogP contribution is 2.39. The number of piperidine rings is 1. The van der Waals surface area contributed by atoms with Crippen LogP contribution in [-0.2, 0) is 4.79 Å². The monoisotopic (exact) mass is 556 g/mol. The van der Waals surface area contributed by atoms with Crippen LogP contribution in [-0.4, -0.2) is 56.7 Å². The number of carbonyl (C=O) groups is 2. The van der Waals surface area contributed by atoms with E-state index in [9.17, 15) is 20.0 Å². The van der Waals surface area contributed by atoms with Crippen molar-refractivity contribution in [2.45, 2.75) is 33.1 Å². The molecule has 0 spiro atoms. The number of anilines is 2. The zero-order valence-electron chi connectivity index (χ0n) is 22.1. The Morgan fingerprint density at radius 1 is 1.15 bits per heavy atom. The third-order valence-corrected chi connectivity index (χ3v) is 8.36. The van der Waals surface area contributed by atoms with Gasteiger partial charge in [0.1, 0.15) is 6.07 Å². The van der Waals surface area contributed by atoms with Gasteiger partial charge in [-0.25, -0.2) is 19.7 Å². The highest BCUT2D eigenvalue weighted by atomic mass is 32.1. The second kappa shape index (κ2) is 11.2. The van der Waals surface area contributed by atoms with Gasteiger partial charge in [0.2, 0.25) is 5.95 Å². The van der Waals surface area contributed by atoms with Crippen LogP contribution in [0.3, 0.4) is 0 Å². The van der Waals surface area contributed by atoms with E-state index in [-0.39, 0.29) is 6.03 Å². The Bertz CT molecular complexity index is 1600. The number of thiazole rings is 1. The summed E-state index contributed by atoms with van der Waals surface area (Å²) in [6, 6.07) is 9.12. The largest absolute Gasteiger partial charge is 0.481 e. The molecule has 4 aromatic rings. The molecule has 0 unspecified atom stereocenters. The molecule has 11 nitrogen and oxygen atoms in total. The number of carbonyl (C=O) groups excluding carboxylic acids is 1. The zero-order chi connectivity index (χ0) is 28.3. The molecule has 0 saturated carbocycles. The molecule has 3 aromatic heterocycles. The van der Waals surface area contributed by atoms with Crippen LogP contribution in [0.5, 0.6) is 0 Å². The average molecular weight is 557 g/mol. The fourth-order valence-corrected chi connectivity index (χ4v) is 5.88. The van der Waals surface area contributed by atoms with Gasteiger partial charge in [0.25, 0.3) is 0 Å². The predicted molar refractivity (Wildman–Crippen MR) is 153 cm³/mol. The van der Waals surface area contributed by atoms with Gasteiger partial charge in [0.05, 0.1) is 26.9 Å². The van der Waals surface area contributed by atoms with Gasteiger partial charge in [-0.2, -0.15) is 5.26 Å². The van der Waals surface area contributed by atoms with E-state index in [2.05, 4.69) is 36.6 Å². The van der Waals surface area contributed by atoms with Crippen molar-refractivity contribution in [1.82, 2.24) is 25.3 Å². The van der Waals surface area contributed by atoms with Gasteiger partial charge in [0, 0.05) is 49.4 Å². The maximum absolute atomic E-state index is 12.1. The molecule has 1 saturated heterocycles. The van der Waals surface area contributed by atoms with E-state index in [1.54, 1.807) is 30.7 Å². The van der Waals surface area contributed by atoms with Crippen molar-refractivity contribution >= 4 is 44.6 Å². The van der Waals surface area contributed by atoms with Gasteiger partial charge in [-0.05, 0) is 56.0 Å². The highest BCUT2D eigenvalue weighted by molar-refractivity contribution is 7.22. The lowest BCUT2D eigenvalue weighted by Crippen LogP contribution is -2.44. The van der Waals surface area contributed by atoms with Crippen LogP contribution in [0.1, 0.15) is 38.7 Å². The highest BCUT2D eigenvalue weighted by Gasteiger charge is 2.40. The average Bonchev–Trinajstić information content (AvgIpc) is 3.39. The third-order valence-electron chi connectivity index (χ3n) is 7.34. The fraction of sp³-hybridized carbons (Fsp3) is 0.321. The molecule has 1 aromatic carbocycles. The molecule has 3 N–H and O–H groups in total. The van der Waals surface area contributed by atoms with E-state index < -0.39 is 11.4 Å². The number of pyridine rings is 1. The number of fused-ring (bicyclic) bond motifs is 1. The van der Waals surface area contributed by atoms with Gasteiger partial charge in [-0.3, -0.25) is 15.1 Å². The molecular weight excluding hydrogens is 528 g/mol. The Balaban J connectivity index is 1.50. The van der Waals surface area contributed by atoms with Gasteiger partial charge >= 0.3 is 12.0 Å². The minimum atomic E-state index is -0.740. The summed E-state index contributed by atoms with van der Waals surface area (Å²) in [5, 5.41) is 25.3. The Kier molecular flexibility index (Phi) is 7.57. The van der Waals surface area contributed by atoms with Crippen LogP contribution < -0.4 is 15.5 Å². The summed E-state index contributed by atoms with van der Waals surface area (Å²) in [6.07, 6.45) is 6.79. The Hall–Kier alpha value is -4.63. The standard InChI is InChI=1S/C28H28N8O3S/c1-3-28(24(37)38)7-10-36(11-8-28)25-32-15-19(16-33-25)18-12-20(22-17(14-29)6-5-9-31-22)23-21(13-18)34-27(40-23)35-26(39)30-4-2/h5-6,9,12-13,15-16H,3-4,7-8,10-11H2,1-2H3,(H,37,38)(H2,30,34,35,39). The number of urea groups is 1. The smallest absolute Gasteiger partial charge is 0.321 e. The van der Waals surface area contributed by atoms with Gasteiger partial charge in [-0.1, -0.05) is 18.3 Å². The number of nitriles is 1. The molecule has 0 radical (unpaired) electrons. The molecule has 1 aliphatic heterocycles. The topological polar surface area (TPSA) is 157 Å². The summed E-state index contributed by atoms with van der Waals surface area (Å²) in [7, 11) is 0. The SMILES string of the molecule is CCNC(=O)Nc1nc2cc(-c3cnc(N4CCC(CC)(C(=O)O)CC4)nc3)cc(-c3ncccc3C#N)c2s1. The van der Waals surface area contributed by atoms with Crippen molar-refractivity contribution in [3.05, 3.63) is 48.4 Å². The normalized spacial score (nSPS) is 14.5. The summed E-state index contributed by atoms with van der Waals surface area (Å²) < 4.78 is 0.787. The second-order valence-corrected chi connectivity index (χ2v) is 10.6. The molecule has 204 valence electrons. The van der Waals surface area contributed by atoms with E-state index in [1.165, 1.54) is 11.3 Å². The van der Waals surface area contributed by atoms with Gasteiger partial charge < -0.3 is 15.3 Å². The first-order chi connectivity index (χ1) is 19.4. The van der Waals surface area contributed by atoms with E-state index in [1.807, 2.05) is 30.9 Å². The molecule has 40 heavy (non-hydrogen) atoms. The number of benzene rings is 1. The Labute approximate surface area is 234 Å². The van der Waals surface area contributed by atoms with Crippen LogP contribution in [0.15, 0.2) is 42.9 Å². The lowest BCUT2D eigenvalue weighted by molar-refractivity contribution is -0.150. The number of aliphatic carboxylic acids is 1. The minimum Gasteiger partial charge on any atom is -0.481 e. The predicted octanol–water partition coefficient (Wildman–Crippen LogP) is 4.91. The molecule has 0 bridgehead atoms. The van der Waals surface area contributed by atoms with Crippen LogP contribution >= 0.6 is 11.3 Å². The number of hydrogen-bond donors (Lipinski definition) is 3. The van der Waals surface area contributed by atoms with E-state index >= 15 is 0 Å². The van der Waals surface area contributed by atoms with Crippen LogP contribution in [0, 0.1) is 16.7 Å². The Morgan fingerprint density at radius 3 is 2.55 bits per heavy atom. The van der Waals surface area contributed by atoms with Crippen molar-refractivity contribution in [2.75, 3.05) is 29.9 Å². The summed E-state index contributed by atoms with van der Waals surface area (Å²) in [4.78, 5) is 44.2. The van der Waals surface area contributed by atoms with Crippen molar-refractivity contribution in [2.24, 2.45) is 5.41 Å². The summed E-state index contributed by atoms with van der Waals surface area (Å²) in [6.45, 7) is 5.39. The van der Waals surface area contributed by atoms with E-state index in [4.69, 9.17) is 0 Å². The second-order valence-electron chi connectivity index (χ2n) is 9.58. The summed E-state index contributed by atoms with van der Waals surface area (Å²) >= 11 is 1.31. The Morgan fingerprint density at radius 2 is 1.90 bits per heavy atom. The molecule has 1 fully saturated rings. The molecule has 0 aliphatic carbocycles. The number of aromatic nitrogens is 4. The van der Waals surface area contributed by atoms with E-state index in [0.717, 1.165) is 21.4 Å². The summed E-state index contributed by atoms with van der Waals surface area (Å²) in [5.41, 5.74) is 3.15. The van der Waals surface area contributed by atoms with E-state index in [0.29, 0.717) is 66.8 Å². The van der Waals surface area contributed by atoms with Crippen molar-refractivity contribution in [3.8, 4) is 28.5 Å². The zero-order valence-corrected chi connectivity index (χ0v) is 23.0. The molecule has 12 heteroatoms. The van der Waals surface area contributed by atoms with Gasteiger partial charge in [0.15, 0.2) is 5.13 Å². The van der Waals surface area contributed by atoms with Crippen LogP contribution in [0.25, 0.3) is 32.6 Å². The maximum Gasteiger partial charge on any atom is 0.321 e.